The monoisotopic (exact) mass is 387 g/mol. The van der Waals surface area contributed by atoms with Crippen LogP contribution in [0.2, 0.25) is 0 Å². The van der Waals surface area contributed by atoms with Crippen LogP contribution >= 0.6 is 23.5 Å². The fraction of sp³-hybridized carbons (Fsp3) is 0.471. The largest absolute Gasteiger partial charge is 0.386 e. The zero-order valence-electron chi connectivity index (χ0n) is 14.3. The van der Waals surface area contributed by atoms with Gasteiger partial charge in [0.1, 0.15) is 16.7 Å². The van der Waals surface area contributed by atoms with Crippen LogP contribution in [0.1, 0.15) is 25.3 Å². The van der Waals surface area contributed by atoms with Crippen LogP contribution in [-0.4, -0.2) is 26.5 Å². The number of fused-ring (bicyclic) bond motifs is 1. The standard InChI is InChI=1S/C17H17N5O2S2/c1-3-25-17(26-4-2)16(10-19)13(15(16,9-18)14(20)21-17)11-5-7-12(8-6-11)22(23)24/h5-8,13H,3-4H2,1-2H3,(H2,20,21). The fourth-order valence-electron chi connectivity index (χ4n) is 4.04. The van der Waals surface area contributed by atoms with Crippen LogP contribution in [-0.2, 0) is 0 Å². The third kappa shape index (κ3) is 1.99. The van der Waals surface area contributed by atoms with Gasteiger partial charge >= 0.3 is 0 Å². The molecule has 2 aliphatic rings. The first kappa shape index (κ1) is 18.6. The molecule has 26 heavy (non-hydrogen) atoms. The summed E-state index contributed by atoms with van der Waals surface area (Å²) < 4.78 is -0.850. The third-order valence-corrected chi connectivity index (χ3v) is 7.94. The highest BCUT2D eigenvalue weighted by molar-refractivity contribution is 8.18. The third-order valence-electron chi connectivity index (χ3n) is 5.04. The molecule has 9 heteroatoms. The molecule has 134 valence electrons. The van der Waals surface area contributed by atoms with Crippen molar-refractivity contribution in [3.8, 4) is 12.1 Å². The molecular weight excluding hydrogens is 370 g/mol. The predicted octanol–water partition coefficient (Wildman–Crippen LogP) is 3.24. The lowest BCUT2D eigenvalue weighted by molar-refractivity contribution is -0.384. The number of rotatable bonds is 6. The molecule has 0 spiro atoms. The fourth-order valence-corrected chi connectivity index (χ4v) is 7.29. The second-order valence-corrected chi connectivity index (χ2v) is 9.24. The van der Waals surface area contributed by atoms with Crippen molar-refractivity contribution in [2.45, 2.75) is 24.0 Å². The highest BCUT2D eigenvalue weighted by Gasteiger charge is 2.91. The molecule has 3 rings (SSSR count). The number of thioether (sulfide) groups is 2. The Hall–Kier alpha value is -2.23. The molecule has 3 atom stereocenters. The van der Waals surface area contributed by atoms with E-state index in [9.17, 15) is 20.6 Å². The van der Waals surface area contributed by atoms with E-state index < -0.39 is 25.9 Å². The van der Waals surface area contributed by atoms with E-state index in [-0.39, 0.29) is 11.5 Å². The molecular formula is C17H17N5O2S2. The highest BCUT2D eigenvalue weighted by atomic mass is 32.2. The summed E-state index contributed by atoms with van der Waals surface area (Å²) in [6, 6.07) is 10.7. The molecule has 1 saturated carbocycles. The minimum Gasteiger partial charge on any atom is -0.386 e. The minimum atomic E-state index is -1.19. The average molecular weight is 387 g/mol. The van der Waals surface area contributed by atoms with Gasteiger partial charge in [0.05, 0.1) is 17.1 Å². The number of aliphatic imine (C=N–C) groups is 1. The van der Waals surface area contributed by atoms with Gasteiger partial charge in [-0.05, 0) is 17.1 Å². The van der Waals surface area contributed by atoms with Crippen molar-refractivity contribution < 1.29 is 4.92 Å². The van der Waals surface area contributed by atoms with Crippen molar-refractivity contribution in [1.29, 1.82) is 10.5 Å². The normalized spacial score (nSPS) is 30.6. The molecule has 0 aromatic heterocycles. The Morgan fingerprint density at radius 1 is 1.23 bits per heavy atom. The van der Waals surface area contributed by atoms with Gasteiger partial charge in [-0.3, -0.25) is 10.1 Å². The summed E-state index contributed by atoms with van der Waals surface area (Å²) in [5.41, 5.74) is 4.60. The van der Waals surface area contributed by atoms with E-state index in [4.69, 9.17) is 5.73 Å². The zero-order valence-corrected chi connectivity index (χ0v) is 15.9. The van der Waals surface area contributed by atoms with Crippen LogP contribution in [0.5, 0.6) is 0 Å². The maximum atomic E-state index is 10.9. The molecule has 1 aromatic carbocycles. The molecule has 2 N–H and O–H groups in total. The lowest BCUT2D eigenvalue weighted by atomic mass is 9.97. The number of hydrogen-bond donors (Lipinski definition) is 1. The Bertz CT molecular complexity index is 867. The predicted molar refractivity (Wildman–Crippen MR) is 103 cm³/mol. The smallest absolute Gasteiger partial charge is 0.269 e. The van der Waals surface area contributed by atoms with E-state index in [1.807, 2.05) is 13.8 Å². The van der Waals surface area contributed by atoms with Gasteiger partial charge < -0.3 is 5.73 Å². The number of non-ortho nitro benzene ring substituents is 1. The van der Waals surface area contributed by atoms with Crippen LogP contribution in [0.4, 0.5) is 5.69 Å². The Morgan fingerprint density at radius 2 is 1.81 bits per heavy atom. The number of hydrogen-bond acceptors (Lipinski definition) is 8. The number of benzene rings is 1. The van der Waals surface area contributed by atoms with Crippen LogP contribution in [0.25, 0.3) is 0 Å². The molecule has 0 radical (unpaired) electrons. The summed E-state index contributed by atoms with van der Waals surface area (Å²) in [6.07, 6.45) is 0. The number of amidine groups is 1. The molecule has 7 nitrogen and oxygen atoms in total. The average Bonchev–Trinajstić information content (AvgIpc) is 3.21. The van der Waals surface area contributed by atoms with Crippen molar-refractivity contribution >= 4 is 35.0 Å². The second kappa shape index (κ2) is 6.19. The SMILES string of the molecule is CCSC1(SCC)N=C(N)C2(C#N)C(c3ccc([N+](=O)[O-])cc3)C12C#N. The molecule has 1 aliphatic heterocycles. The van der Waals surface area contributed by atoms with Gasteiger partial charge in [0.15, 0.2) is 4.20 Å². The molecule has 1 aromatic rings. The molecule has 1 heterocycles. The zero-order chi connectivity index (χ0) is 19.2. The lowest BCUT2D eigenvalue weighted by Crippen LogP contribution is -2.31. The van der Waals surface area contributed by atoms with Gasteiger partial charge in [-0.1, -0.05) is 26.0 Å². The van der Waals surface area contributed by atoms with Gasteiger partial charge in [0.25, 0.3) is 5.69 Å². The van der Waals surface area contributed by atoms with E-state index in [0.29, 0.717) is 5.56 Å². The number of nitrogens with two attached hydrogens (primary N) is 1. The Labute approximate surface area is 159 Å². The van der Waals surface area contributed by atoms with E-state index in [1.165, 1.54) is 35.7 Å². The van der Waals surface area contributed by atoms with Gasteiger partial charge in [-0.15, -0.1) is 23.5 Å². The Kier molecular flexibility index (Phi) is 4.41. The van der Waals surface area contributed by atoms with Crippen molar-refractivity contribution in [2.75, 3.05) is 11.5 Å². The van der Waals surface area contributed by atoms with Crippen molar-refractivity contribution in [3.63, 3.8) is 0 Å². The first-order valence-electron chi connectivity index (χ1n) is 8.11. The molecule has 1 fully saturated rings. The van der Waals surface area contributed by atoms with Crippen molar-refractivity contribution in [1.82, 2.24) is 0 Å². The number of nitrogens with zero attached hydrogens (tertiary/aromatic N) is 4. The second-order valence-electron chi connectivity index (χ2n) is 6.07. The first-order valence-corrected chi connectivity index (χ1v) is 10.1. The topological polar surface area (TPSA) is 129 Å². The Balaban J connectivity index is 2.17. The molecule has 1 aliphatic carbocycles. The maximum absolute atomic E-state index is 10.9. The first-order chi connectivity index (χ1) is 12.4. The van der Waals surface area contributed by atoms with E-state index in [2.05, 4.69) is 17.1 Å². The Morgan fingerprint density at radius 3 is 2.23 bits per heavy atom. The molecule has 0 amide bonds. The number of nitro groups is 1. The summed E-state index contributed by atoms with van der Waals surface area (Å²) >= 11 is 3.04. The summed E-state index contributed by atoms with van der Waals surface area (Å²) in [6.45, 7) is 3.96. The van der Waals surface area contributed by atoms with E-state index in [0.717, 1.165) is 11.5 Å². The van der Waals surface area contributed by atoms with Crippen LogP contribution in [0.3, 0.4) is 0 Å². The van der Waals surface area contributed by atoms with Crippen LogP contribution in [0.15, 0.2) is 29.3 Å². The van der Waals surface area contributed by atoms with Crippen LogP contribution < -0.4 is 5.73 Å². The molecule has 0 bridgehead atoms. The summed E-state index contributed by atoms with van der Waals surface area (Å²) in [7, 11) is 0. The van der Waals surface area contributed by atoms with Crippen LogP contribution in [0, 0.1) is 43.6 Å². The minimum absolute atomic E-state index is 0.0321. The number of nitriles is 2. The van der Waals surface area contributed by atoms with E-state index >= 15 is 0 Å². The van der Waals surface area contributed by atoms with Gasteiger partial charge in [-0.25, -0.2) is 4.99 Å². The van der Waals surface area contributed by atoms with Crippen molar-refractivity contribution in [2.24, 2.45) is 21.6 Å². The summed E-state index contributed by atoms with van der Waals surface area (Å²) in [5, 5.41) is 31.1. The van der Waals surface area contributed by atoms with Gasteiger partial charge in [-0.2, -0.15) is 10.5 Å². The lowest BCUT2D eigenvalue weighted by Gasteiger charge is -2.31. The van der Waals surface area contributed by atoms with Gasteiger partial charge in [0, 0.05) is 18.1 Å². The maximum Gasteiger partial charge on any atom is 0.269 e. The van der Waals surface area contributed by atoms with E-state index in [1.54, 1.807) is 12.1 Å². The van der Waals surface area contributed by atoms with Crippen molar-refractivity contribution in [3.05, 3.63) is 39.9 Å². The summed E-state index contributed by atoms with van der Waals surface area (Å²) in [5.74, 6) is 1.18. The van der Waals surface area contributed by atoms with Gasteiger partial charge in [0.2, 0.25) is 0 Å². The molecule has 3 unspecified atom stereocenters. The number of nitro benzene ring substituents is 1. The summed E-state index contributed by atoms with van der Waals surface area (Å²) in [4.78, 5) is 15.0. The quantitative estimate of drug-likeness (QED) is 0.450. The molecule has 0 saturated heterocycles. The highest BCUT2D eigenvalue weighted by Crippen LogP contribution is 2.85.